The molecule has 0 fully saturated rings. The predicted octanol–water partition coefficient (Wildman–Crippen LogP) is 2.90. The lowest BCUT2D eigenvalue weighted by Gasteiger charge is -2.21. The average molecular weight is 186 g/mol. The minimum absolute atomic E-state index is 0.719. The van der Waals surface area contributed by atoms with Gasteiger partial charge in [0.05, 0.1) is 13.4 Å². The van der Waals surface area contributed by atoms with E-state index in [0.29, 0.717) is 0 Å². The maximum atomic E-state index is 5.65. The van der Waals surface area contributed by atoms with Crippen LogP contribution < -0.4 is 0 Å². The van der Waals surface area contributed by atoms with Gasteiger partial charge in [0.25, 0.3) is 0 Å². The molecule has 0 saturated carbocycles. The summed E-state index contributed by atoms with van der Waals surface area (Å²) >= 11 is 0. The van der Waals surface area contributed by atoms with Crippen molar-refractivity contribution in [3.63, 3.8) is 0 Å². The van der Waals surface area contributed by atoms with Crippen molar-refractivity contribution in [3.05, 3.63) is 24.2 Å². The minimum atomic E-state index is -1.51. The molecular formula is C9H18O2Si. The quantitative estimate of drug-likeness (QED) is 0.382. The number of ether oxygens (including phenoxy) is 1. The van der Waals surface area contributed by atoms with E-state index < -0.39 is 8.32 Å². The second-order valence-electron chi connectivity index (χ2n) is 3.67. The Morgan fingerprint density at radius 3 is 2.17 bits per heavy atom. The van der Waals surface area contributed by atoms with Gasteiger partial charge >= 0.3 is 0 Å². The van der Waals surface area contributed by atoms with E-state index in [1.807, 2.05) is 6.92 Å². The van der Waals surface area contributed by atoms with Crippen LogP contribution in [-0.4, -0.2) is 15.4 Å². The molecule has 0 spiro atoms. The van der Waals surface area contributed by atoms with Gasteiger partial charge in [-0.2, -0.15) is 0 Å². The van der Waals surface area contributed by atoms with Gasteiger partial charge in [-0.1, -0.05) is 6.58 Å². The standard InChI is InChI=1S/C9H18O2Si/c1-8(7-10-3)9(2)11-12(4,5)6/h7H,2H2,1,3-6H3/b8-7+. The molecule has 0 heterocycles. The molecule has 0 radical (unpaired) electrons. The van der Waals surface area contributed by atoms with Crippen LogP contribution in [-0.2, 0) is 9.16 Å². The van der Waals surface area contributed by atoms with Gasteiger partial charge in [-0.05, 0) is 26.6 Å². The summed E-state index contributed by atoms with van der Waals surface area (Å²) in [5.74, 6) is 0.719. The molecule has 12 heavy (non-hydrogen) atoms. The Kier molecular flexibility index (Phi) is 4.10. The number of rotatable bonds is 4. The molecule has 0 amide bonds. The first-order chi connectivity index (χ1) is 5.37. The molecule has 0 aromatic carbocycles. The van der Waals surface area contributed by atoms with E-state index in [0.717, 1.165) is 11.3 Å². The lowest BCUT2D eigenvalue weighted by Crippen LogP contribution is -2.24. The Morgan fingerprint density at radius 1 is 1.33 bits per heavy atom. The second kappa shape index (κ2) is 4.35. The van der Waals surface area contributed by atoms with E-state index in [9.17, 15) is 0 Å². The van der Waals surface area contributed by atoms with E-state index in [2.05, 4.69) is 26.2 Å². The smallest absolute Gasteiger partial charge is 0.242 e. The van der Waals surface area contributed by atoms with E-state index in [1.54, 1.807) is 13.4 Å². The van der Waals surface area contributed by atoms with Crippen LogP contribution in [0.25, 0.3) is 0 Å². The molecule has 0 unspecified atom stereocenters. The number of hydrogen-bond acceptors (Lipinski definition) is 2. The molecule has 0 aromatic heterocycles. The maximum absolute atomic E-state index is 5.65. The Hall–Kier alpha value is -0.703. The van der Waals surface area contributed by atoms with Gasteiger partial charge < -0.3 is 9.16 Å². The molecule has 0 aliphatic carbocycles. The topological polar surface area (TPSA) is 18.5 Å². The highest BCUT2D eigenvalue weighted by molar-refractivity contribution is 6.70. The van der Waals surface area contributed by atoms with Crippen molar-refractivity contribution in [2.45, 2.75) is 26.6 Å². The van der Waals surface area contributed by atoms with Gasteiger partial charge in [-0.25, -0.2) is 0 Å². The first-order valence-corrected chi connectivity index (χ1v) is 7.35. The van der Waals surface area contributed by atoms with Crippen LogP contribution >= 0.6 is 0 Å². The Bertz CT molecular complexity index is 189. The molecule has 0 aliphatic heterocycles. The molecule has 0 N–H and O–H groups in total. The summed E-state index contributed by atoms with van der Waals surface area (Å²) in [7, 11) is 0.108. The summed E-state index contributed by atoms with van der Waals surface area (Å²) in [4.78, 5) is 0. The minimum Gasteiger partial charge on any atom is -0.544 e. The third-order valence-corrected chi connectivity index (χ3v) is 2.02. The van der Waals surface area contributed by atoms with Crippen molar-refractivity contribution >= 4 is 8.32 Å². The Labute approximate surface area is 76.0 Å². The van der Waals surface area contributed by atoms with Crippen LogP contribution in [0.1, 0.15) is 6.92 Å². The third kappa shape index (κ3) is 5.01. The van der Waals surface area contributed by atoms with Gasteiger partial charge in [0.2, 0.25) is 8.32 Å². The fourth-order valence-electron chi connectivity index (χ4n) is 0.693. The zero-order valence-corrected chi connectivity index (χ0v) is 9.60. The van der Waals surface area contributed by atoms with Crippen molar-refractivity contribution in [2.24, 2.45) is 0 Å². The lowest BCUT2D eigenvalue weighted by molar-refractivity contribution is 0.329. The van der Waals surface area contributed by atoms with Crippen molar-refractivity contribution in [2.75, 3.05) is 7.11 Å². The van der Waals surface area contributed by atoms with Gasteiger partial charge in [0.15, 0.2) is 0 Å². The number of hydrogen-bond donors (Lipinski definition) is 0. The van der Waals surface area contributed by atoms with Crippen LogP contribution in [0, 0.1) is 0 Å². The van der Waals surface area contributed by atoms with E-state index in [4.69, 9.17) is 9.16 Å². The SMILES string of the molecule is C=C(O[Si](C)(C)C)/C(C)=C/OC. The highest BCUT2D eigenvalue weighted by atomic mass is 28.4. The van der Waals surface area contributed by atoms with Gasteiger partial charge in [0.1, 0.15) is 5.76 Å². The third-order valence-electron chi connectivity index (χ3n) is 1.16. The van der Waals surface area contributed by atoms with Crippen LogP contribution in [0.3, 0.4) is 0 Å². The monoisotopic (exact) mass is 186 g/mol. The van der Waals surface area contributed by atoms with Crippen molar-refractivity contribution in [3.8, 4) is 0 Å². The van der Waals surface area contributed by atoms with Crippen LogP contribution in [0.4, 0.5) is 0 Å². The highest BCUT2D eigenvalue weighted by Gasteiger charge is 2.17. The molecule has 3 heteroatoms. The van der Waals surface area contributed by atoms with Crippen molar-refractivity contribution in [1.82, 2.24) is 0 Å². The first kappa shape index (κ1) is 11.3. The van der Waals surface area contributed by atoms with Crippen molar-refractivity contribution < 1.29 is 9.16 Å². The molecule has 0 aromatic rings. The lowest BCUT2D eigenvalue weighted by atomic mass is 10.3. The summed E-state index contributed by atoms with van der Waals surface area (Å²) < 4.78 is 10.5. The first-order valence-electron chi connectivity index (χ1n) is 3.94. The Balaban J connectivity index is 4.15. The summed E-state index contributed by atoms with van der Waals surface area (Å²) in [6.07, 6.45) is 1.64. The summed E-state index contributed by atoms with van der Waals surface area (Å²) in [6.45, 7) is 12.1. The van der Waals surface area contributed by atoms with Crippen LogP contribution in [0.5, 0.6) is 0 Å². The molecular weight excluding hydrogens is 168 g/mol. The van der Waals surface area contributed by atoms with E-state index in [-0.39, 0.29) is 0 Å². The zero-order valence-electron chi connectivity index (χ0n) is 8.60. The largest absolute Gasteiger partial charge is 0.544 e. The molecule has 0 aliphatic rings. The predicted molar refractivity (Wildman–Crippen MR) is 54.3 cm³/mol. The van der Waals surface area contributed by atoms with Gasteiger partial charge in [-0.3, -0.25) is 0 Å². The molecule has 0 atom stereocenters. The molecule has 0 rings (SSSR count). The highest BCUT2D eigenvalue weighted by Crippen LogP contribution is 2.15. The molecule has 2 nitrogen and oxygen atoms in total. The fraction of sp³-hybridized carbons (Fsp3) is 0.556. The molecule has 0 bridgehead atoms. The van der Waals surface area contributed by atoms with E-state index in [1.165, 1.54) is 0 Å². The normalized spacial score (nSPS) is 12.6. The maximum Gasteiger partial charge on any atom is 0.242 e. The van der Waals surface area contributed by atoms with Crippen molar-refractivity contribution in [1.29, 1.82) is 0 Å². The summed E-state index contributed by atoms with van der Waals surface area (Å²) in [5, 5.41) is 0. The second-order valence-corrected chi connectivity index (χ2v) is 8.10. The van der Waals surface area contributed by atoms with Crippen LogP contribution in [0.2, 0.25) is 19.6 Å². The van der Waals surface area contributed by atoms with Gasteiger partial charge in [0, 0.05) is 5.57 Å². The average Bonchev–Trinajstić information content (AvgIpc) is 1.84. The van der Waals surface area contributed by atoms with Gasteiger partial charge in [-0.15, -0.1) is 0 Å². The molecule has 70 valence electrons. The fourth-order valence-corrected chi connectivity index (χ4v) is 1.59. The molecule has 0 saturated heterocycles. The summed E-state index contributed by atoms with van der Waals surface area (Å²) in [6, 6.07) is 0. The summed E-state index contributed by atoms with van der Waals surface area (Å²) in [5.41, 5.74) is 0.944. The zero-order chi connectivity index (χ0) is 9.78. The van der Waals surface area contributed by atoms with E-state index >= 15 is 0 Å². The Morgan fingerprint density at radius 2 is 1.83 bits per heavy atom. The number of methoxy groups -OCH3 is 1. The number of allylic oxidation sites excluding steroid dienone is 1. The van der Waals surface area contributed by atoms with Crippen LogP contribution in [0.15, 0.2) is 24.2 Å².